The molecule has 0 fully saturated rings. The van der Waals surface area contributed by atoms with Crippen molar-refractivity contribution in [2.24, 2.45) is 0 Å². The summed E-state index contributed by atoms with van der Waals surface area (Å²) in [6.45, 7) is 2.25. The largest absolute Gasteiger partial charge is 0.496 e. The zero-order valence-electron chi connectivity index (χ0n) is 13.9. The fourth-order valence-electron chi connectivity index (χ4n) is 2.55. The number of hydrogen-bond donors (Lipinski definition) is 0. The molecule has 25 heavy (non-hydrogen) atoms. The molecule has 2 aromatic carbocycles. The molecule has 0 aliphatic heterocycles. The molecular weight excluding hydrogens is 323 g/mol. The fourth-order valence-corrected chi connectivity index (χ4v) is 2.55. The Kier molecular flexibility index (Phi) is 4.79. The van der Waals surface area contributed by atoms with E-state index in [9.17, 15) is 9.18 Å². The minimum atomic E-state index is -0.354. The highest BCUT2D eigenvalue weighted by molar-refractivity contribution is 6.05. The Labute approximate surface area is 144 Å². The molecule has 5 nitrogen and oxygen atoms in total. The second-order valence-corrected chi connectivity index (χ2v) is 5.30. The quantitative estimate of drug-likeness (QED) is 0.700. The van der Waals surface area contributed by atoms with Gasteiger partial charge in [-0.05, 0) is 43.3 Å². The van der Waals surface area contributed by atoms with E-state index >= 15 is 0 Å². The lowest BCUT2D eigenvalue weighted by molar-refractivity contribution is 0.0979. The summed E-state index contributed by atoms with van der Waals surface area (Å²) in [7, 11) is 1.56. The van der Waals surface area contributed by atoms with Crippen LogP contribution in [0.25, 0.3) is 11.3 Å². The monoisotopic (exact) mass is 340 g/mol. The molecule has 0 atom stereocenters. The predicted octanol–water partition coefficient (Wildman–Crippen LogP) is 4.16. The summed E-state index contributed by atoms with van der Waals surface area (Å²) in [6, 6.07) is 14.6. The van der Waals surface area contributed by atoms with Crippen molar-refractivity contribution in [3.05, 3.63) is 66.1 Å². The van der Waals surface area contributed by atoms with Gasteiger partial charge >= 0.3 is 0 Å². The maximum absolute atomic E-state index is 13.1. The van der Waals surface area contributed by atoms with Gasteiger partial charge in [0.05, 0.1) is 12.7 Å². The maximum Gasteiger partial charge on any atom is 0.280 e. The molecule has 0 unspecified atom stereocenters. The van der Waals surface area contributed by atoms with Crippen molar-refractivity contribution in [1.29, 1.82) is 0 Å². The van der Waals surface area contributed by atoms with Crippen LogP contribution in [0.15, 0.2) is 59.1 Å². The average molecular weight is 340 g/mol. The molecule has 0 aliphatic rings. The van der Waals surface area contributed by atoms with Crippen LogP contribution >= 0.6 is 0 Å². The van der Waals surface area contributed by atoms with Crippen LogP contribution in [-0.4, -0.2) is 24.7 Å². The first-order valence-electron chi connectivity index (χ1n) is 7.81. The first-order valence-corrected chi connectivity index (χ1v) is 7.81. The number of halogens is 1. The minimum absolute atomic E-state index is 0.173. The van der Waals surface area contributed by atoms with Crippen LogP contribution in [0, 0.1) is 5.82 Å². The third-order valence-electron chi connectivity index (χ3n) is 3.80. The number of methoxy groups -OCH3 is 1. The third-order valence-corrected chi connectivity index (χ3v) is 3.80. The summed E-state index contributed by atoms with van der Waals surface area (Å²) in [5.41, 5.74) is 1.48. The normalized spacial score (nSPS) is 10.5. The molecule has 1 amide bonds. The van der Waals surface area contributed by atoms with Crippen LogP contribution in [0.2, 0.25) is 0 Å². The molecule has 0 radical (unpaired) electrons. The first kappa shape index (κ1) is 16.7. The van der Waals surface area contributed by atoms with Gasteiger partial charge in [-0.1, -0.05) is 17.3 Å². The standard InChI is InChI=1S/C19H17FN2O3/c1-3-22(14-10-8-13(20)9-11-14)19(23)16-12-18(25-21-16)15-6-4-5-7-17(15)24-2/h4-12H,3H2,1-2H3. The lowest BCUT2D eigenvalue weighted by atomic mass is 10.1. The zero-order valence-corrected chi connectivity index (χ0v) is 13.9. The highest BCUT2D eigenvalue weighted by atomic mass is 19.1. The van der Waals surface area contributed by atoms with Crippen LogP contribution in [-0.2, 0) is 0 Å². The predicted molar refractivity (Wildman–Crippen MR) is 92.2 cm³/mol. The molecular formula is C19H17FN2O3. The number of carbonyl (C=O) groups excluding carboxylic acids is 1. The Morgan fingerprint density at radius 2 is 1.92 bits per heavy atom. The number of amides is 1. The van der Waals surface area contributed by atoms with E-state index in [2.05, 4.69) is 5.16 Å². The Balaban J connectivity index is 1.90. The van der Waals surface area contributed by atoms with Gasteiger partial charge < -0.3 is 14.2 Å². The lowest BCUT2D eigenvalue weighted by Gasteiger charge is -2.19. The number of para-hydroxylation sites is 1. The van der Waals surface area contributed by atoms with E-state index in [1.54, 1.807) is 31.4 Å². The van der Waals surface area contributed by atoms with E-state index in [1.165, 1.54) is 17.0 Å². The number of ether oxygens (including phenoxy) is 1. The molecule has 6 heteroatoms. The molecule has 0 aliphatic carbocycles. The fraction of sp³-hybridized carbons (Fsp3) is 0.158. The molecule has 0 spiro atoms. The average Bonchev–Trinajstić information content (AvgIpc) is 3.13. The Morgan fingerprint density at radius 1 is 1.20 bits per heavy atom. The summed E-state index contributed by atoms with van der Waals surface area (Å²) in [6.07, 6.45) is 0. The van der Waals surface area contributed by atoms with Crippen LogP contribution in [0.1, 0.15) is 17.4 Å². The maximum atomic E-state index is 13.1. The molecule has 1 heterocycles. The number of hydrogen-bond acceptors (Lipinski definition) is 4. The highest BCUT2D eigenvalue weighted by Gasteiger charge is 2.21. The Morgan fingerprint density at radius 3 is 2.60 bits per heavy atom. The SMILES string of the molecule is CCN(C(=O)c1cc(-c2ccccc2OC)on1)c1ccc(F)cc1. The highest BCUT2D eigenvalue weighted by Crippen LogP contribution is 2.30. The van der Waals surface area contributed by atoms with Gasteiger partial charge in [0.1, 0.15) is 11.6 Å². The van der Waals surface area contributed by atoms with Crippen molar-refractivity contribution in [3.63, 3.8) is 0 Å². The number of rotatable bonds is 5. The van der Waals surface area contributed by atoms with E-state index < -0.39 is 0 Å². The summed E-state index contributed by atoms with van der Waals surface area (Å²) in [4.78, 5) is 14.2. The van der Waals surface area contributed by atoms with Crippen LogP contribution in [0.5, 0.6) is 5.75 Å². The third kappa shape index (κ3) is 3.38. The van der Waals surface area contributed by atoms with Gasteiger partial charge in [0, 0.05) is 18.3 Å². The Bertz CT molecular complexity index is 874. The number of carbonyl (C=O) groups is 1. The van der Waals surface area contributed by atoms with Gasteiger partial charge in [0.2, 0.25) is 0 Å². The number of nitrogens with zero attached hydrogens (tertiary/aromatic N) is 2. The molecule has 0 N–H and O–H groups in total. The van der Waals surface area contributed by atoms with Gasteiger partial charge in [-0.15, -0.1) is 0 Å². The second kappa shape index (κ2) is 7.17. The van der Waals surface area contributed by atoms with E-state index in [0.29, 0.717) is 29.3 Å². The molecule has 0 saturated carbocycles. The lowest BCUT2D eigenvalue weighted by Crippen LogP contribution is -2.30. The van der Waals surface area contributed by atoms with Gasteiger partial charge in [-0.2, -0.15) is 0 Å². The molecule has 0 bridgehead atoms. The molecule has 3 rings (SSSR count). The van der Waals surface area contributed by atoms with Crippen molar-refractivity contribution >= 4 is 11.6 Å². The van der Waals surface area contributed by atoms with Crippen LogP contribution < -0.4 is 9.64 Å². The van der Waals surface area contributed by atoms with Gasteiger partial charge in [-0.3, -0.25) is 4.79 Å². The van der Waals surface area contributed by atoms with Crippen LogP contribution in [0.3, 0.4) is 0 Å². The van der Waals surface area contributed by atoms with Gasteiger partial charge in [0.15, 0.2) is 11.5 Å². The zero-order chi connectivity index (χ0) is 17.8. The molecule has 128 valence electrons. The van der Waals surface area contributed by atoms with Crippen LogP contribution in [0.4, 0.5) is 10.1 Å². The first-order chi connectivity index (χ1) is 12.1. The van der Waals surface area contributed by atoms with Gasteiger partial charge in [0.25, 0.3) is 5.91 Å². The van der Waals surface area contributed by atoms with E-state index in [0.717, 1.165) is 0 Å². The summed E-state index contributed by atoms with van der Waals surface area (Å²) < 4.78 is 23.7. The van der Waals surface area contributed by atoms with E-state index in [1.807, 2.05) is 25.1 Å². The Hall–Kier alpha value is -3.15. The summed E-state index contributed by atoms with van der Waals surface area (Å²) in [5, 5.41) is 3.88. The number of anilines is 1. The molecule has 0 saturated heterocycles. The van der Waals surface area contributed by atoms with Crippen molar-refractivity contribution < 1.29 is 18.4 Å². The van der Waals surface area contributed by atoms with Gasteiger partial charge in [-0.25, -0.2) is 4.39 Å². The second-order valence-electron chi connectivity index (χ2n) is 5.30. The van der Waals surface area contributed by atoms with Crippen molar-refractivity contribution in [3.8, 4) is 17.1 Å². The van der Waals surface area contributed by atoms with E-state index in [4.69, 9.17) is 9.26 Å². The van der Waals surface area contributed by atoms with Crippen molar-refractivity contribution in [1.82, 2.24) is 5.16 Å². The number of benzene rings is 2. The summed E-state index contributed by atoms with van der Waals surface area (Å²) in [5.74, 6) is 0.394. The van der Waals surface area contributed by atoms with Crippen molar-refractivity contribution in [2.45, 2.75) is 6.92 Å². The van der Waals surface area contributed by atoms with E-state index in [-0.39, 0.29) is 17.4 Å². The summed E-state index contributed by atoms with van der Waals surface area (Å²) >= 11 is 0. The molecule has 1 aromatic heterocycles. The minimum Gasteiger partial charge on any atom is -0.496 e. The smallest absolute Gasteiger partial charge is 0.280 e. The molecule has 3 aromatic rings. The topological polar surface area (TPSA) is 55.6 Å². The van der Waals surface area contributed by atoms with Crippen molar-refractivity contribution in [2.75, 3.05) is 18.6 Å². The number of aromatic nitrogens is 1.